The van der Waals surface area contributed by atoms with E-state index in [1.807, 2.05) is 31.2 Å². The molecule has 2 fully saturated rings. The van der Waals surface area contributed by atoms with Gasteiger partial charge in [0.1, 0.15) is 5.52 Å². The number of rotatable bonds is 6. The molecule has 1 saturated carbocycles. The van der Waals surface area contributed by atoms with Crippen LogP contribution in [-0.4, -0.2) is 64.4 Å². The van der Waals surface area contributed by atoms with Gasteiger partial charge in [0, 0.05) is 19.1 Å². The first-order chi connectivity index (χ1) is 16.7. The first-order valence-corrected chi connectivity index (χ1v) is 11.9. The van der Waals surface area contributed by atoms with Crippen molar-refractivity contribution in [3.63, 3.8) is 0 Å². The molecular weight excluding hydrogens is 432 g/mol. The van der Waals surface area contributed by atoms with Gasteiger partial charge in [-0.15, -0.1) is 0 Å². The van der Waals surface area contributed by atoms with E-state index in [1.54, 1.807) is 6.21 Å². The second-order valence-electron chi connectivity index (χ2n) is 8.85. The molecule has 5 rings (SSSR count). The Bertz CT molecular complexity index is 1180. The fourth-order valence-electron chi connectivity index (χ4n) is 4.46. The molecule has 1 saturated heterocycles. The van der Waals surface area contributed by atoms with E-state index in [0.717, 1.165) is 36.8 Å². The Morgan fingerprint density at radius 1 is 1.18 bits per heavy atom. The molecule has 3 aromatic rings. The summed E-state index contributed by atoms with van der Waals surface area (Å²) in [4.78, 5) is 31.9. The van der Waals surface area contributed by atoms with Gasteiger partial charge in [-0.3, -0.25) is 4.79 Å². The highest BCUT2D eigenvalue weighted by atomic mass is 16.5. The maximum absolute atomic E-state index is 12.9. The van der Waals surface area contributed by atoms with Gasteiger partial charge < -0.3 is 19.9 Å². The summed E-state index contributed by atoms with van der Waals surface area (Å²) in [5.74, 6) is 1.06. The highest BCUT2D eigenvalue weighted by Crippen LogP contribution is 2.25. The fourth-order valence-corrected chi connectivity index (χ4v) is 4.46. The smallest absolute Gasteiger partial charge is 0.287 e. The lowest BCUT2D eigenvalue weighted by molar-refractivity contribution is 0.0918. The number of aromatic amines is 1. The quantitative estimate of drug-likeness (QED) is 0.380. The van der Waals surface area contributed by atoms with Crippen molar-refractivity contribution in [2.45, 2.75) is 45.1 Å². The monoisotopic (exact) mass is 462 g/mol. The predicted molar refractivity (Wildman–Crippen MR) is 131 cm³/mol. The normalized spacial score (nSPS) is 17.4. The van der Waals surface area contributed by atoms with Crippen molar-refractivity contribution < 1.29 is 9.53 Å². The van der Waals surface area contributed by atoms with E-state index in [2.05, 4.69) is 35.7 Å². The molecule has 0 bridgehead atoms. The Balaban J connectivity index is 1.41. The van der Waals surface area contributed by atoms with E-state index in [-0.39, 0.29) is 17.8 Å². The van der Waals surface area contributed by atoms with Crippen LogP contribution in [0.2, 0.25) is 0 Å². The lowest BCUT2D eigenvalue weighted by Crippen LogP contribution is -2.37. The standard InChI is InChI=1S/C24H30N8O2/c1-16-6-5-7-17(14-16)15-25-31-24-29-20-19(22(30-24)32-10-12-34-13-11-32)27-21(28-20)23(33)26-18-8-3-2-4-9-18/h5-7,14-15,18H,2-4,8-13H2,1H3,(H,26,33)(H2,27,28,29,30,31)/b25-15+. The number of benzene rings is 1. The number of carbonyl (C=O) groups excluding carboxylic acids is 1. The summed E-state index contributed by atoms with van der Waals surface area (Å²) in [7, 11) is 0. The SMILES string of the molecule is Cc1cccc(/C=N/Nc2nc(N3CCOCC3)c3[nH]c(C(=O)NC4CCCCC4)nc3n2)c1. The van der Waals surface area contributed by atoms with Crippen molar-refractivity contribution in [1.29, 1.82) is 0 Å². The summed E-state index contributed by atoms with van der Waals surface area (Å²) in [5.41, 5.74) is 6.13. The number of hydrogen-bond acceptors (Lipinski definition) is 8. The van der Waals surface area contributed by atoms with Crippen molar-refractivity contribution in [3.05, 3.63) is 41.2 Å². The number of amides is 1. The number of ether oxygens (including phenoxy) is 1. The number of anilines is 2. The van der Waals surface area contributed by atoms with Crippen LogP contribution < -0.4 is 15.6 Å². The van der Waals surface area contributed by atoms with E-state index in [9.17, 15) is 4.79 Å². The Kier molecular flexibility index (Phi) is 6.66. The molecule has 3 heterocycles. The van der Waals surface area contributed by atoms with Gasteiger partial charge in [-0.25, -0.2) is 10.4 Å². The molecule has 0 spiro atoms. The minimum Gasteiger partial charge on any atom is -0.378 e. The average molecular weight is 463 g/mol. The third-order valence-corrected chi connectivity index (χ3v) is 6.22. The Labute approximate surface area is 198 Å². The summed E-state index contributed by atoms with van der Waals surface area (Å²) < 4.78 is 5.50. The van der Waals surface area contributed by atoms with Gasteiger partial charge in [-0.2, -0.15) is 15.1 Å². The maximum atomic E-state index is 12.9. The molecule has 0 unspecified atom stereocenters. The number of aryl methyl sites for hydroxylation is 1. The molecule has 0 atom stereocenters. The summed E-state index contributed by atoms with van der Waals surface area (Å²) in [6.45, 7) is 4.66. The van der Waals surface area contributed by atoms with Gasteiger partial charge in [0.25, 0.3) is 5.91 Å². The predicted octanol–water partition coefficient (Wildman–Crippen LogP) is 3.01. The van der Waals surface area contributed by atoms with Crippen LogP contribution in [0.15, 0.2) is 29.4 Å². The molecule has 2 aromatic heterocycles. The molecule has 1 aliphatic carbocycles. The maximum Gasteiger partial charge on any atom is 0.287 e. The number of imidazole rings is 1. The van der Waals surface area contributed by atoms with Crippen molar-refractivity contribution in [2.24, 2.45) is 5.10 Å². The molecule has 10 heteroatoms. The minimum atomic E-state index is -0.204. The summed E-state index contributed by atoms with van der Waals surface area (Å²) >= 11 is 0. The first-order valence-electron chi connectivity index (χ1n) is 11.9. The number of carbonyl (C=O) groups is 1. The lowest BCUT2D eigenvalue weighted by Gasteiger charge is -2.28. The van der Waals surface area contributed by atoms with E-state index >= 15 is 0 Å². The molecule has 1 aliphatic heterocycles. The van der Waals surface area contributed by atoms with Crippen LogP contribution in [0.25, 0.3) is 11.2 Å². The van der Waals surface area contributed by atoms with Crippen molar-refractivity contribution in [3.8, 4) is 0 Å². The molecule has 2 aliphatic rings. The molecule has 10 nitrogen and oxygen atoms in total. The molecule has 3 N–H and O–H groups in total. The molecule has 0 radical (unpaired) electrons. The lowest BCUT2D eigenvalue weighted by atomic mass is 9.95. The Morgan fingerprint density at radius 2 is 2.00 bits per heavy atom. The third-order valence-electron chi connectivity index (χ3n) is 6.22. The van der Waals surface area contributed by atoms with Crippen LogP contribution in [0.5, 0.6) is 0 Å². The van der Waals surface area contributed by atoms with Gasteiger partial charge in [-0.1, -0.05) is 49.1 Å². The fraction of sp³-hybridized carbons (Fsp3) is 0.458. The van der Waals surface area contributed by atoms with Crippen LogP contribution >= 0.6 is 0 Å². The van der Waals surface area contributed by atoms with Crippen molar-refractivity contribution in [2.75, 3.05) is 36.6 Å². The van der Waals surface area contributed by atoms with Crippen LogP contribution in [-0.2, 0) is 4.74 Å². The summed E-state index contributed by atoms with van der Waals surface area (Å²) in [6, 6.07) is 8.24. The van der Waals surface area contributed by atoms with Crippen molar-refractivity contribution >= 4 is 35.1 Å². The van der Waals surface area contributed by atoms with Gasteiger partial charge in [0.15, 0.2) is 17.3 Å². The minimum absolute atomic E-state index is 0.201. The van der Waals surface area contributed by atoms with E-state index in [1.165, 1.54) is 6.42 Å². The van der Waals surface area contributed by atoms with Gasteiger partial charge in [-0.05, 0) is 25.3 Å². The largest absolute Gasteiger partial charge is 0.378 e. The van der Waals surface area contributed by atoms with E-state index in [0.29, 0.717) is 49.2 Å². The zero-order valence-corrected chi connectivity index (χ0v) is 19.4. The highest BCUT2D eigenvalue weighted by molar-refractivity contribution is 5.96. The topological polar surface area (TPSA) is 120 Å². The van der Waals surface area contributed by atoms with Crippen LogP contribution in [0.1, 0.15) is 53.8 Å². The van der Waals surface area contributed by atoms with Gasteiger partial charge >= 0.3 is 0 Å². The van der Waals surface area contributed by atoms with E-state index < -0.39 is 0 Å². The van der Waals surface area contributed by atoms with Gasteiger partial charge in [0.2, 0.25) is 5.95 Å². The zero-order valence-electron chi connectivity index (χ0n) is 19.4. The number of fused-ring (bicyclic) bond motifs is 1. The van der Waals surface area contributed by atoms with Gasteiger partial charge in [0.05, 0.1) is 19.4 Å². The second-order valence-corrected chi connectivity index (χ2v) is 8.85. The number of hydrazone groups is 1. The second kappa shape index (κ2) is 10.2. The Hall–Kier alpha value is -3.53. The number of nitrogens with one attached hydrogen (secondary N) is 3. The highest BCUT2D eigenvalue weighted by Gasteiger charge is 2.23. The molecule has 178 valence electrons. The number of aromatic nitrogens is 4. The zero-order chi connectivity index (χ0) is 23.3. The number of H-pyrrole nitrogens is 1. The average Bonchev–Trinajstić information content (AvgIpc) is 3.29. The van der Waals surface area contributed by atoms with E-state index in [4.69, 9.17) is 9.72 Å². The molecule has 1 amide bonds. The molecule has 34 heavy (non-hydrogen) atoms. The number of morpholine rings is 1. The number of hydrogen-bond donors (Lipinski definition) is 3. The molecular formula is C24H30N8O2. The van der Waals surface area contributed by atoms with Crippen LogP contribution in [0.3, 0.4) is 0 Å². The van der Waals surface area contributed by atoms with Crippen molar-refractivity contribution in [1.82, 2.24) is 25.3 Å². The van der Waals surface area contributed by atoms with Crippen LogP contribution in [0, 0.1) is 6.92 Å². The van der Waals surface area contributed by atoms with Crippen LogP contribution in [0.4, 0.5) is 11.8 Å². The third kappa shape index (κ3) is 5.17. The summed E-state index contributed by atoms with van der Waals surface area (Å²) in [5, 5.41) is 7.42. The summed E-state index contributed by atoms with van der Waals surface area (Å²) in [6.07, 6.45) is 7.28. The Morgan fingerprint density at radius 3 is 2.79 bits per heavy atom. The first kappa shape index (κ1) is 22.3. The number of nitrogens with zero attached hydrogens (tertiary/aromatic N) is 5. The molecule has 1 aromatic carbocycles.